The van der Waals surface area contributed by atoms with Gasteiger partial charge in [-0.15, -0.1) is 0 Å². The number of hydrogen-bond donors (Lipinski definition) is 1. The lowest BCUT2D eigenvalue weighted by Gasteiger charge is -1.94. The van der Waals surface area contributed by atoms with Crippen molar-refractivity contribution in [2.45, 2.75) is 4.90 Å². The maximum absolute atomic E-state index is 3.07. The first-order valence-electron chi connectivity index (χ1n) is 2.74. The minimum Gasteiger partial charge on any atom is -0.263 e. The molecule has 0 saturated heterocycles. The van der Waals surface area contributed by atoms with E-state index in [0.717, 1.165) is 4.90 Å². The fourth-order valence-corrected chi connectivity index (χ4v) is 1.04. The van der Waals surface area contributed by atoms with Crippen LogP contribution in [0.1, 0.15) is 0 Å². The van der Waals surface area contributed by atoms with Crippen LogP contribution >= 0.6 is 11.9 Å². The van der Waals surface area contributed by atoms with Gasteiger partial charge in [0.05, 0.1) is 0 Å². The summed E-state index contributed by atoms with van der Waals surface area (Å²) in [7, 11) is 1.89. The molecule has 1 radical (unpaired) electrons. The Labute approximate surface area is 59.6 Å². The van der Waals surface area contributed by atoms with E-state index >= 15 is 0 Å². The molecule has 1 aromatic rings. The molecule has 1 nitrogen and oxygen atoms in total. The number of rotatable bonds is 2. The molecule has 0 saturated carbocycles. The first-order chi connectivity index (χ1) is 4.43. The Morgan fingerprint density at radius 2 is 2.44 bits per heavy atom. The van der Waals surface area contributed by atoms with Crippen LogP contribution in [-0.2, 0) is 0 Å². The lowest BCUT2D eigenvalue weighted by molar-refractivity contribution is 1.27. The maximum Gasteiger partial charge on any atom is 0.0306 e. The molecule has 0 atom stereocenters. The van der Waals surface area contributed by atoms with Crippen LogP contribution in [0.2, 0.25) is 0 Å². The Hall–Kier alpha value is -0.470. The Morgan fingerprint density at radius 3 is 3.00 bits per heavy atom. The molecule has 47 valence electrons. The van der Waals surface area contributed by atoms with Gasteiger partial charge >= 0.3 is 0 Å². The molecule has 0 aliphatic heterocycles. The van der Waals surface area contributed by atoms with E-state index in [9.17, 15) is 0 Å². The van der Waals surface area contributed by atoms with E-state index in [1.165, 1.54) is 0 Å². The summed E-state index contributed by atoms with van der Waals surface area (Å²) in [4.78, 5) is 1.13. The van der Waals surface area contributed by atoms with Crippen LogP contribution in [0.5, 0.6) is 0 Å². The fraction of sp³-hybridized carbons (Fsp3) is 0.143. The normalized spacial score (nSPS) is 9.44. The number of nitrogens with one attached hydrogen (secondary N) is 1. The van der Waals surface area contributed by atoms with Gasteiger partial charge in [0.25, 0.3) is 0 Å². The van der Waals surface area contributed by atoms with Crippen LogP contribution in [0.15, 0.2) is 29.2 Å². The van der Waals surface area contributed by atoms with Crippen LogP contribution in [0, 0.1) is 6.07 Å². The van der Waals surface area contributed by atoms with Crippen molar-refractivity contribution in [3.05, 3.63) is 30.3 Å². The summed E-state index contributed by atoms with van der Waals surface area (Å²) in [6, 6.07) is 10.9. The van der Waals surface area contributed by atoms with Gasteiger partial charge in [-0.2, -0.15) is 0 Å². The first-order valence-corrected chi connectivity index (χ1v) is 3.55. The van der Waals surface area contributed by atoms with Gasteiger partial charge in [0, 0.05) is 4.90 Å². The third-order valence-corrected chi connectivity index (χ3v) is 1.57. The zero-order valence-corrected chi connectivity index (χ0v) is 6.03. The second-order valence-corrected chi connectivity index (χ2v) is 2.59. The molecule has 0 spiro atoms. The minimum absolute atomic E-state index is 1.13. The monoisotopic (exact) mass is 138 g/mol. The van der Waals surface area contributed by atoms with Gasteiger partial charge in [-0.05, 0) is 31.1 Å². The summed E-state index contributed by atoms with van der Waals surface area (Å²) in [6.45, 7) is 0. The van der Waals surface area contributed by atoms with E-state index in [0.29, 0.717) is 0 Å². The van der Waals surface area contributed by atoms with Crippen molar-refractivity contribution < 1.29 is 0 Å². The third-order valence-electron chi connectivity index (χ3n) is 0.893. The SMILES string of the molecule is CNSc1[c]cccc1. The molecule has 0 amide bonds. The van der Waals surface area contributed by atoms with Gasteiger partial charge in [-0.1, -0.05) is 18.2 Å². The smallest absolute Gasteiger partial charge is 0.0306 e. The first kappa shape index (κ1) is 6.65. The van der Waals surface area contributed by atoms with Crippen LogP contribution in [-0.4, -0.2) is 7.05 Å². The summed E-state index contributed by atoms with van der Waals surface area (Å²) in [5, 5.41) is 0. The zero-order valence-electron chi connectivity index (χ0n) is 5.22. The summed E-state index contributed by atoms with van der Waals surface area (Å²) in [5.41, 5.74) is 0. The van der Waals surface area contributed by atoms with Gasteiger partial charge in [0.2, 0.25) is 0 Å². The van der Waals surface area contributed by atoms with Gasteiger partial charge in [0.1, 0.15) is 0 Å². The Bertz CT molecular complexity index is 162. The molecule has 0 aliphatic rings. The average Bonchev–Trinajstić information content (AvgIpc) is 1.91. The predicted molar refractivity (Wildman–Crippen MR) is 40.2 cm³/mol. The van der Waals surface area contributed by atoms with Crippen molar-refractivity contribution in [2.75, 3.05) is 7.05 Å². The fourth-order valence-electron chi connectivity index (χ4n) is 0.550. The molecule has 0 unspecified atom stereocenters. The maximum atomic E-state index is 3.07. The molecule has 0 bridgehead atoms. The van der Waals surface area contributed by atoms with Gasteiger partial charge < -0.3 is 0 Å². The standard InChI is InChI=1S/C7H8NS/c1-8-9-7-5-3-2-4-6-7/h2-5,8H,1H3. The quantitative estimate of drug-likeness (QED) is 0.624. The Morgan fingerprint density at radius 1 is 1.56 bits per heavy atom. The summed E-state index contributed by atoms with van der Waals surface area (Å²) in [6.07, 6.45) is 0. The van der Waals surface area contributed by atoms with E-state index < -0.39 is 0 Å². The Balaban J connectivity index is 2.61. The van der Waals surface area contributed by atoms with Crippen molar-refractivity contribution in [1.82, 2.24) is 4.72 Å². The average molecular weight is 138 g/mol. The number of benzene rings is 1. The van der Waals surface area contributed by atoms with Crippen molar-refractivity contribution >= 4 is 11.9 Å². The van der Waals surface area contributed by atoms with E-state index in [4.69, 9.17) is 0 Å². The van der Waals surface area contributed by atoms with Crippen molar-refractivity contribution in [2.24, 2.45) is 0 Å². The zero-order chi connectivity index (χ0) is 6.53. The van der Waals surface area contributed by atoms with Crippen LogP contribution in [0.25, 0.3) is 0 Å². The van der Waals surface area contributed by atoms with Crippen LogP contribution in [0.3, 0.4) is 0 Å². The van der Waals surface area contributed by atoms with Crippen molar-refractivity contribution in [3.8, 4) is 0 Å². The molecule has 1 aromatic carbocycles. The second kappa shape index (κ2) is 3.54. The highest BCUT2D eigenvalue weighted by Crippen LogP contribution is 2.10. The Kier molecular flexibility index (Phi) is 2.61. The molecular formula is C7H8NS. The van der Waals surface area contributed by atoms with E-state index in [1.54, 1.807) is 11.9 Å². The van der Waals surface area contributed by atoms with Crippen molar-refractivity contribution in [3.63, 3.8) is 0 Å². The topological polar surface area (TPSA) is 12.0 Å². The molecule has 0 aliphatic carbocycles. The summed E-state index contributed by atoms with van der Waals surface area (Å²) in [5.74, 6) is 0. The van der Waals surface area contributed by atoms with Crippen LogP contribution < -0.4 is 4.72 Å². The van der Waals surface area contributed by atoms with Gasteiger partial charge in [-0.3, -0.25) is 4.72 Å². The highest BCUT2D eigenvalue weighted by atomic mass is 32.2. The molecule has 0 heterocycles. The highest BCUT2D eigenvalue weighted by Gasteiger charge is 1.85. The van der Waals surface area contributed by atoms with Crippen LogP contribution in [0.4, 0.5) is 0 Å². The molecular weight excluding hydrogens is 130 g/mol. The molecule has 9 heavy (non-hydrogen) atoms. The third kappa shape index (κ3) is 2.08. The van der Waals surface area contributed by atoms with Crippen molar-refractivity contribution in [1.29, 1.82) is 0 Å². The van der Waals surface area contributed by atoms with E-state index in [2.05, 4.69) is 10.8 Å². The molecule has 0 aromatic heterocycles. The lowest BCUT2D eigenvalue weighted by Crippen LogP contribution is -1.89. The molecule has 1 N–H and O–H groups in total. The van der Waals surface area contributed by atoms with Gasteiger partial charge in [0.15, 0.2) is 0 Å². The second-order valence-electron chi connectivity index (χ2n) is 1.53. The minimum atomic E-state index is 1.13. The largest absolute Gasteiger partial charge is 0.263 e. The number of hydrogen-bond acceptors (Lipinski definition) is 2. The van der Waals surface area contributed by atoms with E-state index in [1.807, 2.05) is 31.3 Å². The summed E-state index contributed by atoms with van der Waals surface area (Å²) >= 11 is 1.57. The lowest BCUT2D eigenvalue weighted by atomic mass is 10.4. The molecule has 1 rings (SSSR count). The highest BCUT2D eigenvalue weighted by molar-refractivity contribution is 7.97. The van der Waals surface area contributed by atoms with E-state index in [-0.39, 0.29) is 0 Å². The van der Waals surface area contributed by atoms with Gasteiger partial charge in [-0.25, -0.2) is 0 Å². The summed E-state index contributed by atoms with van der Waals surface area (Å²) < 4.78 is 2.97. The predicted octanol–water partition coefficient (Wildman–Crippen LogP) is 1.71. The molecule has 2 heteroatoms. The molecule has 0 fully saturated rings.